The van der Waals surface area contributed by atoms with Crippen LogP contribution in [0.25, 0.3) is 0 Å². The van der Waals surface area contributed by atoms with Crippen molar-refractivity contribution in [3.8, 4) is 0 Å². The predicted molar refractivity (Wildman–Crippen MR) is 85.4 cm³/mol. The number of rotatable bonds is 2. The van der Waals surface area contributed by atoms with E-state index in [4.69, 9.17) is 5.11 Å². The minimum Gasteiger partial charge on any atom is -0.478 e. The topological polar surface area (TPSA) is 63.6 Å². The molecule has 22 heavy (non-hydrogen) atoms. The molecule has 2 rings (SSSR count). The molecule has 0 radical (unpaired) electrons. The van der Waals surface area contributed by atoms with Gasteiger partial charge in [-0.15, -0.1) is 0 Å². The summed E-state index contributed by atoms with van der Waals surface area (Å²) in [4.78, 5) is 21.4. The molecule has 2 aromatic carbocycles. The van der Waals surface area contributed by atoms with Crippen LogP contribution in [0, 0.1) is 20.8 Å². The fourth-order valence-electron chi connectivity index (χ4n) is 1.86. The molecule has 0 aliphatic carbocycles. The van der Waals surface area contributed by atoms with Crippen LogP contribution in [-0.4, -0.2) is 24.2 Å². The molecule has 116 valence electrons. The number of hydrogen-bond donors (Lipinski definition) is 1. The monoisotopic (exact) mass is 300 g/mol. The normalized spacial score (nSPS) is 9.45. The Kier molecular flexibility index (Phi) is 6.32. The highest BCUT2D eigenvalue weighted by Crippen LogP contribution is 2.09. The average molecular weight is 300 g/mol. The third-order valence-electron chi connectivity index (χ3n) is 3.08. The summed E-state index contributed by atoms with van der Waals surface area (Å²) in [6.07, 6.45) is 0. The lowest BCUT2D eigenvalue weighted by Gasteiger charge is -2.00. The van der Waals surface area contributed by atoms with Gasteiger partial charge in [0.25, 0.3) is 0 Å². The zero-order chi connectivity index (χ0) is 16.7. The van der Waals surface area contributed by atoms with Crippen LogP contribution in [0.4, 0.5) is 0 Å². The lowest BCUT2D eigenvalue weighted by atomic mass is 10.1. The number of carboxylic acid groups (broad SMARTS) is 1. The fourth-order valence-corrected chi connectivity index (χ4v) is 1.86. The number of carboxylic acids is 1. The zero-order valence-electron chi connectivity index (χ0n) is 13.2. The quantitative estimate of drug-likeness (QED) is 0.857. The van der Waals surface area contributed by atoms with Crippen molar-refractivity contribution < 1.29 is 19.4 Å². The fraction of sp³-hybridized carbons (Fsp3) is 0.222. The predicted octanol–water partition coefficient (Wildman–Crippen LogP) is 3.78. The van der Waals surface area contributed by atoms with Crippen LogP contribution in [0.1, 0.15) is 37.4 Å². The highest BCUT2D eigenvalue weighted by Gasteiger charge is 2.04. The number of aryl methyl sites for hydroxylation is 3. The molecule has 0 saturated heterocycles. The van der Waals surface area contributed by atoms with Gasteiger partial charge in [-0.05, 0) is 44.5 Å². The van der Waals surface area contributed by atoms with Crippen LogP contribution >= 0.6 is 0 Å². The molecule has 0 amide bonds. The molecule has 0 atom stereocenters. The Labute approximate surface area is 130 Å². The Hall–Kier alpha value is -2.62. The van der Waals surface area contributed by atoms with E-state index < -0.39 is 5.97 Å². The summed E-state index contributed by atoms with van der Waals surface area (Å²) in [6.45, 7) is 5.72. The molecule has 0 aliphatic heterocycles. The molecular formula is C18H20O4. The van der Waals surface area contributed by atoms with Crippen LogP contribution in [0.3, 0.4) is 0 Å². The van der Waals surface area contributed by atoms with E-state index in [0.717, 1.165) is 16.7 Å². The van der Waals surface area contributed by atoms with Crippen molar-refractivity contribution in [2.75, 3.05) is 7.11 Å². The molecule has 0 unspecified atom stereocenters. The van der Waals surface area contributed by atoms with Gasteiger partial charge in [-0.1, -0.05) is 35.4 Å². The van der Waals surface area contributed by atoms with Gasteiger partial charge in [-0.3, -0.25) is 0 Å². The van der Waals surface area contributed by atoms with Gasteiger partial charge in [-0.2, -0.15) is 0 Å². The van der Waals surface area contributed by atoms with E-state index in [-0.39, 0.29) is 5.97 Å². The molecule has 1 N–H and O–H groups in total. The molecule has 0 fully saturated rings. The number of methoxy groups -OCH3 is 1. The number of esters is 1. The molecule has 2 aromatic rings. The van der Waals surface area contributed by atoms with Gasteiger partial charge in [0.15, 0.2) is 0 Å². The number of hydrogen-bond acceptors (Lipinski definition) is 3. The number of aromatic carboxylic acids is 1. The second kappa shape index (κ2) is 7.98. The summed E-state index contributed by atoms with van der Waals surface area (Å²) in [5, 5.41) is 8.66. The maximum atomic E-state index is 10.9. The van der Waals surface area contributed by atoms with E-state index >= 15 is 0 Å². The van der Waals surface area contributed by atoms with Crippen LogP contribution in [0.2, 0.25) is 0 Å². The van der Waals surface area contributed by atoms with Crippen LogP contribution in [-0.2, 0) is 4.74 Å². The average Bonchev–Trinajstić information content (AvgIpc) is 2.47. The van der Waals surface area contributed by atoms with Gasteiger partial charge in [0, 0.05) is 0 Å². The van der Waals surface area contributed by atoms with E-state index in [9.17, 15) is 9.59 Å². The lowest BCUT2D eigenvalue weighted by molar-refractivity contribution is 0.0599. The molecular weight excluding hydrogens is 280 g/mol. The Balaban J connectivity index is 0.000000220. The minimum absolute atomic E-state index is 0.287. The number of carbonyl (C=O) groups is 2. The second-order valence-electron chi connectivity index (χ2n) is 4.98. The van der Waals surface area contributed by atoms with E-state index in [1.165, 1.54) is 7.11 Å². The minimum atomic E-state index is -0.859. The first-order valence-electron chi connectivity index (χ1n) is 6.80. The van der Waals surface area contributed by atoms with Crippen LogP contribution in [0.5, 0.6) is 0 Å². The number of benzene rings is 2. The van der Waals surface area contributed by atoms with Gasteiger partial charge in [-0.25, -0.2) is 9.59 Å². The van der Waals surface area contributed by atoms with Crippen molar-refractivity contribution in [1.29, 1.82) is 0 Å². The van der Waals surface area contributed by atoms with Gasteiger partial charge < -0.3 is 9.84 Å². The molecule has 0 heterocycles. The Morgan fingerprint density at radius 2 is 1.45 bits per heavy atom. The smallest absolute Gasteiger partial charge is 0.337 e. The van der Waals surface area contributed by atoms with Crippen LogP contribution in [0.15, 0.2) is 42.5 Å². The maximum Gasteiger partial charge on any atom is 0.337 e. The van der Waals surface area contributed by atoms with E-state index in [1.807, 2.05) is 32.0 Å². The van der Waals surface area contributed by atoms with Crippen molar-refractivity contribution in [1.82, 2.24) is 0 Å². The largest absolute Gasteiger partial charge is 0.478 e. The number of carbonyl (C=O) groups excluding carboxylic acids is 1. The molecule has 0 aromatic heterocycles. The van der Waals surface area contributed by atoms with E-state index in [0.29, 0.717) is 11.1 Å². The summed E-state index contributed by atoms with van der Waals surface area (Å²) in [5.74, 6) is -1.15. The third kappa shape index (κ3) is 5.05. The van der Waals surface area contributed by atoms with E-state index in [1.54, 1.807) is 31.2 Å². The molecule has 0 aliphatic rings. The first-order valence-corrected chi connectivity index (χ1v) is 6.80. The van der Waals surface area contributed by atoms with Crippen molar-refractivity contribution in [3.05, 3.63) is 70.3 Å². The van der Waals surface area contributed by atoms with Crippen molar-refractivity contribution in [2.24, 2.45) is 0 Å². The van der Waals surface area contributed by atoms with Gasteiger partial charge in [0.05, 0.1) is 18.2 Å². The van der Waals surface area contributed by atoms with Gasteiger partial charge >= 0.3 is 11.9 Å². The summed E-state index contributed by atoms with van der Waals surface area (Å²) < 4.78 is 4.54. The Morgan fingerprint density at radius 1 is 0.909 bits per heavy atom. The molecule has 4 nitrogen and oxygen atoms in total. The number of ether oxygens (including phenoxy) is 1. The first-order chi connectivity index (χ1) is 10.3. The van der Waals surface area contributed by atoms with Crippen molar-refractivity contribution in [3.63, 3.8) is 0 Å². The summed E-state index contributed by atoms with van der Waals surface area (Å²) in [7, 11) is 1.38. The summed E-state index contributed by atoms with van der Waals surface area (Å²) >= 11 is 0. The Morgan fingerprint density at radius 3 is 1.91 bits per heavy atom. The van der Waals surface area contributed by atoms with Gasteiger partial charge in [0.2, 0.25) is 0 Å². The Bertz CT molecular complexity index is 657. The van der Waals surface area contributed by atoms with E-state index in [2.05, 4.69) is 4.74 Å². The molecule has 0 bridgehead atoms. The zero-order valence-corrected chi connectivity index (χ0v) is 13.2. The van der Waals surface area contributed by atoms with Gasteiger partial charge in [0.1, 0.15) is 0 Å². The SMILES string of the molecule is COC(=O)c1ccc(C)cc1.Cc1ccc(C(=O)O)c(C)c1. The first kappa shape index (κ1) is 17.4. The van der Waals surface area contributed by atoms with Crippen LogP contribution < -0.4 is 0 Å². The molecule has 0 spiro atoms. The standard InChI is InChI=1S/2C9H10O2/c1-7-3-5-8(6-4-7)9(10)11-2;1-6-3-4-8(9(10)11)7(2)5-6/h3-6H,1-2H3;3-5H,1-2H3,(H,10,11). The van der Waals surface area contributed by atoms with Crippen molar-refractivity contribution >= 4 is 11.9 Å². The third-order valence-corrected chi connectivity index (χ3v) is 3.08. The summed E-state index contributed by atoms with van der Waals surface area (Å²) in [6, 6.07) is 12.6. The summed E-state index contributed by atoms with van der Waals surface area (Å²) in [5.41, 5.74) is 4.02. The lowest BCUT2D eigenvalue weighted by Crippen LogP contribution is -2.00. The van der Waals surface area contributed by atoms with Crippen molar-refractivity contribution in [2.45, 2.75) is 20.8 Å². The molecule has 0 saturated carbocycles. The second-order valence-corrected chi connectivity index (χ2v) is 4.98. The highest BCUT2D eigenvalue weighted by atomic mass is 16.5. The highest BCUT2D eigenvalue weighted by molar-refractivity contribution is 5.89. The molecule has 4 heteroatoms. The maximum absolute atomic E-state index is 10.9.